The van der Waals surface area contributed by atoms with Gasteiger partial charge in [0, 0.05) is 22.4 Å². The Balaban J connectivity index is 2.06. The van der Waals surface area contributed by atoms with Gasteiger partial charge in [-0.2, -0.15) is 0 Å². The van der Waals surface area contributed by atoms with Crippen LogP contribution in [0.5, 0.6) is 11.5 Å². The summed E-state index contributed by atoms with van der Waals surface area (Å²) in [6, 6.07) is 11.5. The number of nitrogens with zero attached hydrogens (tertiary/aromatic N) is 1. The third-order valence-electron chi connectivity index (χ3n) is 4.52. The van der Waals surface area contributed by atoms with E-state index in [1.807, 2.05) is 18.2 Å². The van der Waals surface area contributed by atoms with Crippen molar-refractivity contribution in [2.24, 2.45) is 0 Å². The van der Waals surface area contributed by atoms with Crippen molar-refractivity contribution in [1.82, 2.24) is 4.90 Å². The molecule has 0 spiro atoms. The number of thioether (sulfide) groups is 1. The number of carbonyl (C=O) groups excluding carboxylic acids is 2. The zero-order valence-electron chi connectivity index (χ0n) is 15.7. The van der Waals surface area contributed by atoms with Gasteiger partial charge in [-0.1, -0.05) is 29.8 Å². The Kier molecular flexibility index (Phi) is 6.36. The summed E-state index contributed by atoms with van der Waals surface area (Å²) in [4.78, 5) is 27.4. The monoisotopic (exact) mass is 421 g/mol. The first-order chi connectivity index (χ1) is 13.5. The number of amides is 1. The molecule has 148 valence electrons. The van der Waals surface area contributed by atoms with Crippen LogP contribution in [0.2, 0.25) is 5.02 Å². The lowest BCUT2D eigenvalue weighted by atomic mass is 10.1. The number of hydrogen-bond donors (Lipinski definition) is 0. The first-order valence-corrected chi connectivity index (χ1v) is 9.93. The number of benzene rings is 2. The lowest BCUT2D eigenvalue weighted by molar-refractivity contribution is -0.145. The Bertz CT molecular complexity index is 891. The van der Waals surface area contributed by atoms with Gasteiger partial charge < -0.3 is 19.1 Å². The smallest absolute Gasteiger partial charge is 0.329 e. The van der Waals surface area contributed by atoms with Crippen LogP contribution in [-0.4, -0.2) is 49.9 Å². The largest absolute Gasteiger partial charge is 0.497 e. The third kappa shape index (κ3) is 3.77. The minimum atomic E-state index is -0.726. The molecule has 0 radical (unpaired) electrons. The molecular weight excluding hydrogens is 402 g/mol. The molecule has 1 saturated heterocycles. The number of rotatable bonds is 5. The first-order valence-electron chi connectivity index (χ1n) is 8.50. The van der Waals surface area contributed by atoms with Crippen molar-refractivity contribution < 1.29 is 23.8 Å². The van der Waals surface area contributed by atoms with Crippen LogP contribution in [0.1, 0.15) is 21.3 Å². The zero-order valence-corrected chi connectivity index (χ0v) is 17.3. The molecule has 1 aliphatic rings. The van der Waals surface area contributed by atoms with E-state index in [1.54, 1.807) is 24.3 Å². The maximum absolute atomic E-state index is 13.5. The molecule has 2 unspecified atom stereocenters. The summed E-state index contributed by atoms with van der Waals surface area (Å²) in [6.07, 6.45) is 0. The number of ether oxygens (including phenoxy) is 3. The molecule has 2 atom stereocenters. The van der Waals surface area contributed by atoms with E-state index in [2.05, 4.69) is 0 Å². The van der Waals surface area contributed by atoms with Gasteiger partial charge in [0.15, 0.2) is 0 Å². The summed E-state index contributed by atoms with van der Waals surface area (Å²) in [5.74, 6) is 0.527. The van der Waals surface area contributed by atoms with Gasteiger partial charge in [-0.05, 0) is 18.2 Å². The van der Waals surface area contributed by atoms with Gasteiger partial charge in [0.25, 0.3) is 5.91 Å². The quantitative estimate of drug-likeness (QED) is 0.684. The Labute approximate surface area is 172 Å². The SMILES string of the molecule is COC(=O)C1CSC(c2ccccc2Cl)N1C(=O)c1ccc(OC)cc1OC. The number of methoxy groups -OCH3 is 3. The highest BCUT2D eigenvalue weighted by atomic mass is 35.5. The van der Waals surface area contributed by atoms with E-state index in [1.165, 1.54) is 38.0 Å². The molecule has 2 aromatic rings. The van der Waals surface area contributed by atoms with Gasteiger partial charge in [0.2, 0.25) is 0 Å². The van der Waals surface area contributed by atoms with E-state index in [0.717, 1.165) is 5.56 Å². The molecule has 3 rings (SSSR count). The fourth-order valence-corrected chi connectivity index (χ4v) is 4.85. The van der Waals surface area contributed by atoms with Crippen LogP contribution in [0.3, 0.4) is 0 Å². The van der Waals surface area contributed by atoms with Crippen LogP contribution in [0, 0.1) is 0 Å². The topological polar surface area (TPSA) is 65.1 Å². The van der Waals surface area contributed by atoms with Crippen LogP contribution in [0.25, 0.3) is 0 Å². The van der Waals surface area contributed by atoms with Gasteiger partial charge in [0.1, 0.15) is 22.9 Å². The molecular formula is C20H20ClNO5S. The molecule has 2 aromatic carbocycles. The molecule has 1 aliphatic heterocycles. The van der Waals surface area contributed by atoms with Crippen molar-refractivity contribution in [3.63, 3.8) is 0 Å². The molecule has 1 heterocycles. The lowest BCUT2D eigenvalue weighted by Crippen LogP contribution is -2.43. The molecule has 6 nitrogen and oxygen atoms in total. The van der Waals surface area contributed by atoms with Crippen LogP contribution < -0.4 is 9.47 Å². The van der Waals surface area contributed by atoms with Gasteiger partial charge in [-0.3, -0.25) is 4.79 Å². The molecule has 8 heteroatoms. The van der Waals surface area contributed by atoms with Crippen molar-refractivity contribution in [2.45, 2.75) is 11.4 Å². The summed E-state index contributed by atoms with van der Waals surface area (Å²) >= 11 is 7.84. The molecule has 0 aliphatic carbocycles. The van der Waals surface area contributed by atoms with Crippen LogP contribution >= 0.6 is 23.4 Å². The Morgan fingerprint density at radius 2 is 1.86 bits per heavy atom. The second kappa shape index (κ2) is 8.75. The van der Waals surface area contributed by atoms with Gasteiger partial charge in [-0.25, -0.2) is 4.79 Å². The van der Waals surface area contributed by atoms with Crippen molar-refractivity contribution in [3.8, 4) is 11.5 Å². The standard InChI is InChI=1S/C20H20ClNO5S/c1-25-12-8-9-14(17(10-12)26-2)18(23)22-16(20(24)27-3)11-28-19(22)13-6-4-5-7-15(13)21/h4-10,16,19H,11H2,1-3H3. The number of halogens is 1. The molecule has 0 N–H and O–H groups in total. The van der Waals surface area contributed by atoms with Gasteiger partial charge in [0.05, 0.1) is 26.9 Å². The normalized spacial score (nSPS) is 18.6. The molecule has 0 saturated carbocycles. The minimum absolute atomic E-state index is 0.330. The number of carbonyl (C=O) groups is 2. The lowest BCUT2D eigenvalue weighted by Gasteiger charge is -2.29. The van der Waals surface area contributed by atoms with Crippen molar-refractivity contribution in [2.75, 3.05) is 27.1 Å². The highest BCUT2D eigenvalue weighted by Crippen LogP contribution is 2.45. The van der Waals surface area contributed by atoms with Crippen molar-refractivity contribution in [1.29, 1.82) is 0 Å². The van der Waals surface area contributed by atoms with Crippen molar-refractivity contribution in [3.05, 3.63) is 58.6 Å². The van der Waals surface area contributed by atoms with Crippen molar-refractivity contribution >= 4 is 35.2 Å². The summed E-state index contributed by atoms with van der Waals surface area (Å²) in [7, 11) is 4.33. The van der Waals surface area contributed by atoms with E-state index >= 15 is 0 Å². The highest BCUT2D eigenvalue weighted by Gasteiger charge is 2.44. The maximum atomic E-state index is 13.5. The Morgan fingerprint density at radius 1 is 1.11 bits per heavy atom. The summed E-state index contributed by atoms with van der Waals surface area (Å²) in [5, 5.41) is 0.113. The Morgan fingerprint density at radius 3 is 2.50 bits per heavy atom. The average molecular weight is 422 g/mol. The van der Waals surface area contributed by atoms with Gasteiger partial charge >= 0.3 is 5.97 Å². The van der Waals surface area contributed by atoms with Gasteiger partial charge in [-0.15, -0.1) is 11.8 Å². The second-order valence-corrected chi connectivity index (χ2v) is 7.55. The number of hydrogen-bond acceptors (Lipinski definition) is 6. The summed E-state index contributed by atoms with van der Waals surface area (Å²) < 4.78 is 15.5. The zero-order chi connectivity index (χ0) is 20.3. The fourth-order valence-electron chi connectivity index (χ4n) is 3.10. The molecule has 1 fully saturated rings. The Hall–Kier alpha value is -2.38. The molecule has 0 bridgehead atoms. The second-order valence-electron chi connectivity index (χ2n) is 6.02. The van der Waals surface area contributed by atoms with E-state index in [4.69, 9.17) is 25.8 Å². The summed E-state index contributed by atoms with van der Waals surface area (Å²) in [6.45, 7) is 0. The third-order valence-corrected chi connectivity index (χ3v) is 6.17. The fraction of sp³-hybridized carbons (Fsp3) is 0.300. The maximum Gasteiger partial charge on any atom is 0.329 e. The number of esters is 1. The predicted octanol–water partition coefficient (Wildman–Crippen LogP) is 3.79. The van der Waals surface area contributed by atoms with Crippen LogP contribution in [0.15, 0.2) is 42.5 Å². The van der Waals surface area contributed by atoms with E-state index in [-0.39, 0.29) is 5.91 Å². The van der Waals surface area contributed by atoms with E-state index in [0.29, 0.717) is 27.8 Å². The van der Waals surface area contributed by atoms with E-state index < -0.39 is 17.4 Å². The molecule has 1 amide bonds. The first kappa shape index (κ1) is 20.4. The summed E-state index contributed by atoms with van der Waals surface area (Å²) in [5.41, 5.74) is 1.10. The molecule has 28 heavy (non-hydrogen) atoms. The van der Waals surface area contributed by atoms with E-state index in [9.17, 15) is 9.59 Å². The van der Waals surface area contributed by atoms with Crippen LogP contribution in [-0.2, 0) is 9.53 Å². The highest BCUT2D eigenvalue weighted by molar-refractivity contribution is 7.99. The predicted molar refractivity (Wildman–Crippen MR) is 108 cm³/mol. The minimum Gasteiger partial charge on any atom is -0.497 e. The van der Waals surface area contributed by atoms with Crippen LogP contribution in [0.4, 0.5) is 0 Å². The molecule has 0 aromatic heterocycles. The average Bonchev–Trinajstić information content (AvgIpc) is 3.17.